The Bertz CT molecular complexity index is 307. The average Bonchev–Trinajstić information content (AvgIpc) is 2.40. The van der Waals surface area contributed by atoms with Crippen LogP contribution in [-0.2, 0) is 14.3 Å². The van der Waals surface area contributed by atoms with Gasteiger partial charge in [-0.15, -0.1) is 0 Å². The summed E-state index contributed by atoms with van der Waals surface area (Å²) in [6, 6.07) is 0. The van der Waals surface area contributed by atoms with E-state index in [1.165, 1.54) is 6.42 Å². The van der Waals surface area contributed by atoms with Crippen molar-refractivity contribution in [1.82, 2.24) is 0 Å². The molecule has 0 heterocycles. The summed E-state index contributed by atoms with van der Waals surface area (Å²) in [5.74, 6) is -1.48. The maximum atomic E-state index is 12.0. The van der Waals surface area contributed by atoms with Crippen LogP contribution < -0.4 is 0 Å². The van der Waals surface area contributed by atoms with Crippen molar-refractivity contribution in [2.24, 2.45) is 11.8 Å². The highest BCUT2D eigenvalue weighted by atomic mass is 16.5. The molecule has 0 bridgehead atoms. The van der Waals surface area contributed by atoms with Crippen molar-refractivity contribution in [2.45, 2.75) is 63.9 Å². The van der Waals surface area contributed by atoms with E-state index in [1.54, 1.807) is 0 Å². The number of ether oxygens (including phenoxy) is 1. The summed E-state index contributed by atoms with van der Waals surface area (Å²) in [5.41, 5.74) is 0. The topological polar surface area (TPSA) is 63.6 Å². The van der Waals surface area contributed by atoms with Crippen LogP contribution in [0.5, 0.6) is 0 Å². The minimum atomic E-state index is -0.773. The number of carboxylic acid groups (broad SMARTS) is 1. The molecule has 2 aliphatic carbocycles. The largest absolute Gasteiger partial charge is 0.481 e. The first kappa shape index (κ1) is 13.4. The Morgan fingerprint density at radius 2 is 1.56 bits per heavy atom. The molecule has 0 amide bonds. The number of carbonyl (C=O) groups excluding carboxylic acids is 1. The number of esters is 1. The van der Waals surface area contributed by atoms with Crippen molar-refractivity contribution < 1.29 is 19.4 Å². The van der Waals surface area contributed by atoms with Crippen LogP contribution in [0.1, 0.15) is 57.8 Å². The lowest BCUT2D eigenvalue weighted by Gasteiger charge is -2.28. The molecule has 2 saturated carbocycles. The second-order valence-corrected chi connectivity index (χ2v) is 5.60. The van der Waals surface area contributed by atoms with Gasteiger partial charge in [-0.05, 0) is 44.9 Å². The monoisotopic (exact) mass is 254 g/mol. The molecule has 0 saturated heterocycles. The number of hydrogen-bond acceptors (Lipinski definition) is 3. The molecule has 2 rings (SSSR count). The van der Waals surface area contributed by atoms with Crippen LogP contribution in [0.15, 0.2) is 0 Å². The highest BCUT2D eigenvalue weighted by molar-refractivity contribution is 5.75. The molecule has 0 aliphatic heterocycles. The number of rotatable bonds is 3. The molecule has 2 fully saturated rings. The fraction of sp³-hybridized carbons (Fsp3) is 0.857. The first-order valence-corrected chi connectivity index (χ1v) is 7.10. The number of hydrogen-bond donors (Lipinski definition) is 1. The third-order valence-corrected chi connectivity index (χ3v) is 4.19. The van der Waals surface area contributed by atoms with E-state index in [0.717, 1.165) is 38.5 Å². The van der Waals surface area contributed by atoms with Crippen LogP contribution in [-0.4, -0.2) is 23.1 Å². The zero-order chi connectivity index (χ0) is 13.0. The lowest BCUT2D eigenvalue weighted by Crippen LogP contribution is -2.31. The van der Waals surface area contributed by atoms with Gasteiger partial charge in [0.25, 0.3) is 0 Å². The Labute approximate surface area is 108 Å². The van der Waals surface area contributed by atoms with E-state index in [0.29, 0.717) is 12.8 Å². The second-order valence-electron chi connectivity index (χ2n) is 5.60. The first-order valence-electron chi connectivity index (χ1n) is 7.10. The summed E-state index contributed by atoms with van der Waals surface area (Å²) in [6.07, 6.45) is 8.30. The molecule has 0 radical (unpaired) electrons. The van der Waals surface area contributed by atoms with Gasteiger partial charge >= 0.3 is 11.9 Å². The van der Waals surface area contributed by atoms with Gasteiger partial charge in [0, 0.05) is 0 Å². The molecule has 2 aliphatic rings. The van der Waals surface area contributed by atoms with Gasteiger partial charge in [0.05, 0.1) is 11.8 Å². The first-order chi connectivity index (χ1) is 8.66. The minimum absolute atomic E-state index is 0.0801. The highest BCUT2D eigenvalue weighted by Gasteiger charge is 2.33. The number of aliphatic carboxylic acids is 1. The van der Waals surface area contributed by atoms with E-state index in [4.69, 9.17) is 9.84 Å². The van der Waals surface area contributed by atoms with Gasteiger partial charge in [0.2, 0.25) is 0 Å². The molecular formula is C14H22O4. The smallest absolute Gasteiger partial charge is 0.309 e. The van der Waals surface area contributed by atoms with Crippen LogP contribution in [0.4, 0.5) is 0 Å². The van der Waals surface area contributed by atoms with Crippen LogP contribution in [0, 0.1) is 11.8 Å². The Morgan fingerprint density at radius 3 is 2.22 bits per heavy atom. The molecule has 1 N–H and O–H groups in total. The fourth-order valence-electron chi connectivity index (χ4n) is 3.07. The third-order valence-electron chi connectivity index (χ3n) is 4.19. The van der Waals surface area contributed by atoms with Crippen LogP contribution >= 0.6 is 0 Å². The van der Waals surface area contributed by atoms with Crippen molar-refractivity contribution >= 4 is 11.9 Å². The van der Waals surface area contributed by atoms with E-state index in [1.807, 2.05) is 0 Å². The fourth-order valence-corrected chi connectivity index (χ4v) is 3.07. The summed E-state index contributed by atoms with van der Waals surface area (Å²) in [7, 11) is 0. The maximum absolute atomic E-state index is 12.0. The maximum Gasteiger partial charge on any atom is 0.309 e. The Kier molecular flexibility index (Phi) is 4.61. The van der Waals surface area contributed by atoms with E-state index in [9.17, 15) is 9.59 Å². The summed E-state index contributed by atoms with van der Waals surface area (Å²) in [4.78, 5) is 23.0. The highest BCUT2D eigenvalue weighted by Crippen LogP contribution is 2.31. The molecule has 102 valence electrons. The van der Waals surface area contributed by atoms with Crippen LogP contribution in [0.25, 0.3) is 0 Å². The van der Waals surface area contributed by atoms with E-state index >= 15 is 0 Å². The third kappa shape index (κ3) is 3.47. The van der Waals surface area contributed by atoms with Gasteiger partial charge in [-0.2, -0.15) is 0 Å². The Balaban J connectivity index is 1.82. The minimum Gasteiger partial charge on any atom is -0.481 e. The van der Waals surface area contributed by atoms with Gasteiger partial charge in [0.1, 0.15) is 6.10 Å². The Morgan fingerprint density at radius 1 is 0.889 bits per heavy atom. The predicted molar refractivity (Wildman–Crippen MR) is 66.0 cm³/mol. The summed E-state index contributed by atoms with van der Waals surface area (Å²) >= 11 is 0. The molecule has 4 heteroatoms. The molecule has 18 heavy (non-hydrogen) atoms. The molecule has 0 aromatic rings. The van der Waals surface area contributed by atoms with Gasteiger partial charge in [0.15, 0.2) is 0 Å². The van der Waals surface area contributed by atoms with Crippen LogP contribution in [0.3, 0.4) is 0 Å². The Hall–Kier alpha value is -1.06. The molecule has 2 unspecified atom stereocenters. The lowest BCUT2D eigenvalue weighted by molar-refractivity contribution is -0.158. The number of carboxylic acids is 1. The standard InChI is InChI=1S/C14H22O4/c15-13(16)10-5-4-6-11(9-10)14(17)18-12-7-2-1-3-8-12/h10-12H,1-9H2,(H,15,16). The van der Waals surface area contributed by atoms with E-state index < -0.39 is 5.97 Å². The summed E-state index contributed by atoms with van der Waals surface area (Å²) in [6.45, 7) is 0. The normalized spacial score (nSPS) is 29.8. The van der Waals surface area contributed by atoms with Crippen molar-refractivity contribution in [3.8, 4) is 0 Å². The predicted octanol–water partition coefficient (Wildman–Crippen LogP) is 2.75. The zero-order valence-corrected chi connectivity index (χ0v) is 10.8. The van der Waals surface area contributed by atoms with Gasteiger partial charge in [-0.25, -0.2) is 0 Å². The van der Waals surface area contributed by atoms with E-state index in [2.05, 4.69) is 0 Å². The van der Waals surface area contributed by atoms with Crippen molar-refractivity contribution in [3.63, 3.8) is 0 Å². The summed E-state index contributed by atoms with van der Waals surface area (Å²) < 4.78 is 5.53. The molecule has 2 atom stereocenters. The number of carbonyl (C=O) groups is 2. The quantitative estimate of drug-likeness (QED) is 0.786. The molecule has 0 aromatic heterocycles. The zero-order valence-electron chi connectivity index (χ0n) is 10.8. The van der Waals surface area contributed by atoms with Crippen molar-refractivity contribution in [3.05, 3.63) is 0 Å². The van der Waals surface area contributed by atoms with Crippen molar-refractivity contribution in [2.75, 3.05) is 0 Å². The van der Waals surface area contributed by atoms with Gasteiger partial charge < -0.3 is 9.84 Å². The molecular weight excluding hydrogens is 232 g/mol. The molecule has 0 aromatic carbocycles. The molecule has 4 nitrogen and oxygen atoms in total. The lowest BCUT2D eigenvalue weighted by atomic mass is 9.81. The molecule has 0 spiro atoms. The van der Waals surface area contributed by atoms with Gasteiger partial charge in [-0.1, -0.05) is 12.8 Å². The second kappa shape index (κ2) is 6.21. The van der Waals surface area contributed by atoms with E-state index in [-0.39, 0.29) is 23.9 Å². The van der Waals surface area contributed by atoms with Gasteiger partial charge in [-0.3, -0.25) is 9.59 Å². The SMILES string of the molecule is O=C(O)C1CCCC(C(=O)OC2CCCCC2)C1. The average molecular weight is 254 g/mol. The van der Waals surface area contributed by atoms with Crippen LogP contribution in [0.2, 0.25) is 0 Å². The van der Waals surface area contributed by atoms with Crippen molar-refractivity contribution in [1.29, 1.82) is 0 Å². The summed E-state index contributed by atoms with van der Waals surface area (Å²) in [5, 5.41) is 9.01.